The topological polar surface area (TPSA) is 132 Å². The molecule has 0 saturated heterocycles. The number of thiazole rings is 1. The second kappa shape index (κ2) is 6.53. The molecule has 4 N–H and O–H groups in total. The van der Waals surface area contributed by atoms with Gasteiger partial charge in [0.25, 0.3) is 5.91 Å². The fraction of sp³-hybridized carbons (Fsp3) is 0.500. The molecule has 1 aromatic rings. The lowest BCUT2D eigenvalue weighted by Gasteiger charge is -2.21. The van der Waals surface area contributed by atoms with E-state index in [4.69, 9.17) is 15.6 Å². The Morgan fingerprint density at radius 3 is 2.52 bits per heavy atom. The van der Waals surface area contributed by atoms with E-state index < -0.39 is 29.6 Å². The molecule has 1 aromatic heterocycles. The molecule has 1 rings (SSSR count). The molecule has 116 valence electrons. The number of hydrogen-bond acceptors (Lipinski definition) is 6. The van der Waals surface area contributed by atoms with Gasteiger partial charge in [-0.25, -0.2) is 14.6 Å². The van der Waals surface area contributed by atoms with Gasteiger partial charge in [-0.05, 0) is 20.8 Å². The Morgan fingerprint density at radius 1 is 1.48 bits per heavy atom. The lowest BCUT2D eigenvalue weighted by Crippen LogP contribution is -2.44. The van der Waals surface area contributed by atoms with Crippen LogP contribution in [0.4, 0.5) is 4.79 Å². The fourth-order valence-electron chi connectivity index (χ4n) is 1.34. The molecule has 0 saturated carbocycles. The number of rotatable bonds is 5. The van der Waals surface area contributed by atoms with Crippen molar-refractivity contribution in [2.24, 2.45) is 5.73 Å². The molecule has 0 radical (unpaired) electrons. The summed E-state index contributed by atoms with van der Waals surface area (Å²) in [6.07, 6.45) is -0.895. The smallest absolute Gasteiger partial charge is 0.408 e. The van der Waals surface area contributed by atoms with E-state index in [1.807, 2.05) is 0 Å². The zero-order valence-electron chi connectivity index (χ0n) is 11.9. The molecule has 9 heteroatoms. The van der Waals surface area contributed by atoms with Crippen molar-refractivity contribution in [3.05, 3.63) is 16.1 Å². The number of carbonyl (C=O) groups is 3. The third kappa shape index (κ3) is 5.78. The highest BCUT2D eigenvalue weighted by molar-refractivity contribution is 7.09. The zero-order chi connectivity index (χ0) is 16.2. The van der Waals surface area contributed by atoms with Crippen molar-refractivity contribution >= 4 is 29.3 Å². The number of nitrogens with one attached hydrogen (secondary N) is 1. The number of nitrogens with two attached hydrogens (primary N) is 1. The summed E-state index contributed by atoms with van der Waals surface area (Å²) in [7, 11) is 0. The van der Waals surface area contributed by atoms with Gasteiger partial charge in [-0.3, -0.25) is 4.79 Å². The number of nitrogens with zero attached hydrogens (tertiary/aromatic N) is 1. The van der Waals surface area contributed by atoms with Gasteiger partial charge >= 0.3 is 12.1 Å². The van der Waals surface area contributed by atoms with Gasteiger partial charge in [0.2, 0.25) is 0 Å². The molecule has 2 amide bonds. The molecule has 0 aliphatic carbocycles. The molecule has 0 unspecified atom stereocenters. The summed E-state index contributed by atoms with van der Waals surface area (Å²) in [5, 5.41) is 13.2. The number of amides is 2. The van der Waals surface area contributed by atoms with Gasteiger partial charge in [-0.15, -0.1) is 11.3 Å². The Bertz CT molecular complexity index is 549. The molecule has 0 bridgehead atoms. The first kappa shape index (κ1) is 16.9. The number of alkyl carbamates (subject to hydrolysis) is 1. The molecule has 0 aliphatic heterocycles. The number of aromatic nitrogens is 1. The highest BCUT2D eigenvalue weighted by Crippen LogP contribution is 2.13. The first-order valence-corrected chi connectivity index (χ1v) is 6.93. The molecule has 21 heavy (non-hydrogen) atoms. The van der Waals surface area contributed by atoms with Gasteiger partial charge in [-0.2, -0.15) is 0 Å². The van der Waals surface area contributed by atoms with Crippen LogP contribution in [0.1, 0.15) is 36.3 Å². The number of carboxylic acids is 1. The quantitative estimate of drug-likeness (QED) is 0.735. The number of hydrogen-bond donors (Lipinski definition) is 3. The Balaban J connectivity index is 2.71. The average molecular weight is 315 g/mol. The van der Waals surface area contributed by atoms with Gasteiger partial charge < -0.3 is 20.9 Å². The van der Waals surface area contributed by atoms with Crippen molar-refractivity contribution in [3.63, 3.8) is 0 Å². The normalized spacial score (nSPS) is 12.5. The van der Waals surface area contributed by atoms with Crippen LogP contribution in [-0.2, 0) is 16.0 Å². The van der Waals surface area contributed by atoms with E-state index in [9.17, 15) is 14.4 Å². The van der Waals surface area contributed by atoms with Gasteiger partial charge in [0.05, 0.1) is 5.01 Å². The summed E-state index contributed by atoms with van der Waals surface area (Å²) in [6.45, 7) is 5.01. The lowest BCUT2D eigenvalue weighted by atomic mass is 10.2. The van der Waals surface area contributed by atoms with Gasteiger partial charge in [0.1, 0.15) is 17.3 Å². The van der Waals surface area contributed by atoms with E-state index in [0.717, 1.165) is 11.3 Å². The van der Waals surface area contributed by atoms with Crippen LogP contribution in [0.25, 0.3) is 0 Å². The number of primary amides is 1. The minimum atomic E-state index is -1.23. The van der Waals surface area contributed by atoms with E-state index in [2.05, 4.69) is 10.3 Å². The Labute approximate surface area is 125 Å². The molecule has 1 atom stereocenters. The lowest BCUT2D eigenvalue weighted by molar-refractivity contribution is -0.139. The average Bonchev–Trinajstić information content (AvgIpc) is 2.74. The Kier molecular flexibility index (Phi) is 5.25. The Hall–Kier alpha value is -2.16. The predicted octanol–water partition coefficient (Wildman–Crippen LogP) is 0.762. The standard InChI is InChI=1S/C12H17N3O5S/c1-12(2,3)20-11(19)15-6(10(17)18)4-8-14-7(5-21-8)9(13)16/h5-6H,4H2,1-3H3,(H2,13,16)(H,15,19)(H,17,18)/t6-/m0/s1. The number of aliphatic carboxylic acids is 1. The van der Waals surface area contributed by atoms with Crippen molar-refractivity contribution < 1.29 is 24.2 Å². The van der Waals surface area contributed by atoms with Crippen LogP contribution in [0.15, 0.2) is 5.38 Å². The summed E-state index contributed by atoms with van der Waals surface area (Å²) in [6, 6.07) is -1.20. The molecule has 0 aliphatic rings. The minimum absolute atomic E-state index is 0.0630. The molecule has 8 nitrogen and oxygen atoms in total. The molecule has 1 heterocycles. The summed E-state index contributed by atoms with van der Waals surface area (Å²) in [5.74, 6) is -1.92. The minimum Gasteiger partial charge on any atom is -0.480 e. The number of carboxylic acid groups (broad SMARTS) is 1. The summed E-state index contributed by atoms with van der Waals surface area (Å²) < 4.78 is 4.99. The maximum absolute atomic E-state index is 11.6. The van der Waals surface area contributed by atoms with E-state index >= 15 is 0 Å². The van der Waals surface area contributed by atoms with E-state index in [1.54, 1.807) is 20.8 Å². The largest absolute Gasteiger partial charge is 0.480 e. The van der Waals surface area contributed by atoms with Crippen molar-refractivity contribution in [1.29, 1.82) is 0 Å². The van der Waals surface area contributed by atoms with Crippen LogP contribution in [0.5, 0.6) is 0 Å². The number of ether oxygens (including phenoxy) is 1. The summed E-state index contributed by atoms with van der Waals surface area (Å²) >= 11 is 1.10. The van der Waals surface area contributed by atoms with E-state index in [0.29, 0.717) is 5.01 Å². The highest BCUT2D eigenvalue weighted by atomic mass is 32.1. The van der Waals surface area contributed by atoms with Gasteiger partial charge in [0, 0.05) is 11.8 Å². The summed E-state index contributed by atoms with van der Waals surface area (Å²) in [5.41, 5.74) is 4.40. The second-order valence-electron chi connectivity index (χ2n) is 5.23. The van der Waals surface area contributed by atoms with E-state index in [1.165, 1.54) is 5.38 Å². The highest BCUT2D eigenvalue weighted by Gasteiger charge is 2.25. The predicted molar refractivity (Wildman–Crippen MR) is 75.1 cm³/mol. The zero-order valence-corrected chi connectivity index (χ0v) is 12.7. The Morgan fingerprint density at radius 2 is 2.10 bits per heavy atom. The number of carbonyl (C=O) groups excluding carboxylic acids is 2. The van der Waals surface area contributed by atoms with Crippen LogP contribution in [0.3, 0.4) is 0 Å². The van der Waals surface area contributed by atoms with Crippen LogP contribution < -0.4 is 11.1 Å². The summed E-state index contributed by atoms with van der Waals surface area (Å²) in [4.78, 5) is 37.6. The molecule has 0 spiro atoms. The van der Waals surface area contributed by atoms with Crippen molar-refractivity contribution in [3.8, 4) is 0 Å². The monoisotopic (exact) mass is 315 g/mol. The van der Waals surface area contributed by atoms with E-state index in [-0.39, 0.29) is 12.1 Å². The van der Waals surface area contributed by atoms with Crippen LogP contribution in [0, 0.1) is 0 Å². The van der Waals surface area contributed by atoms with Crippen molar-refractivity contribution in [1.82, 2.24) is 10.3 Å². The third-order valence-electron chi connectivity index (χ3n) is 2.17. The first-order valence-electron chi connectivity index (χ1n) is 6.05. The van der Waals surface area contributed by atoms with Crippen LogP contribution >= 0.6 is 11.3 Å². The molecular formula is C12H17N3O5S. The molecule has 0 fully saturated rings. The maximum Gasteiger partial charge on any atom is 0.408 e. The molecular weight excluding hydrogens is 298 g/mol. The second-order valence-corrected chi connectivity index (χ2v) is 6.17. The van der Waals surface area contributed by atoms with Crippen molar-refractivity contribution in [2.45, 2.75) is 38.8 Å². The van der Waals surface area contributed by atoms with Gasteiger partial charge in [0.15, 0.2) is 0 Å². The SMILES string of the molecule is CC(C)(C)OC(=O)N[C@@H](Cc1nc(C(N)=O)cs1)C(=O)O. The van der Waals surface area contributed by atoms with Crippen molar-refractivity contribution in [2.75, 3.05) is 0 Å². The first-order chi connectivity index (χ1) is 9.58. The fourth-order valence-corrected chi connectivity index (χ4v) is 2.17. The van der Waals surface area contributed by atoms with Crippen LogP contribution in [-0.4, -0.2) is 39.7 Å². The maximum atomic E-state index is 11.6. The van der Waals surface area contributed by atoms with Gasteiger partial charge in [-0.1, -0.05) is 0 Å². The third-order valence-corrected chi connectivity index (χ3v) is 3.04. The van der Waals surface area contributed by atoms with Crippen LogP contribution in [0.2, 0.25) is 0 Å². The molecule has 0 aromatic carbocycles.